The highest BCUT2D eigenvalue weighted by Crippen LogP contribution is 2.32. The van der Waals surface area contributed by atoms with E-state index < -0.39 is 27.7 Å². The molecule has 1 amide bonds. The molecule has 1 aromatic heterocycles. The molecule has 4 rings (SSSR count). The summed E-state index contributed by atoms with van der Waals surface area (Å²) in [5.41, 5.74) is 0.567. The second-order valence-corrected chi connectivity index (χ2v) is 10.2. The van der Waals surface area contributed by atoms with Crippen LogP contribution in [0.25, 0.3) is 0 Å². The van der Waals surface area contributed by atoms with Crippen LogP contribution in [-0.2, 0) is 29.3 Å². The zero-order valence-electron chi connectivity index (χ0n) is 18.8. The minimum atomic E-state index is -4.47. The number of halogens is 3. The minimum absolute atomic E-state index is 0.0227. The highest BCUT2D eigenvalue weighted by atomic mass is 32.2. The van der Waals surface area contributed by atoms with E-state index in [2.05, 4.69) is 20.3 Å². The number of hydrogen-bond donors (Lipinski definition) is 3. The molecule has 0 bridgehead atoms. The summed E-state index contributed by atoms with van der Waals surface area (Å²) in [6, 6.07) is 8.23. The van der Waals surface area contributed by atoms with E-state index >= 15 is 0 Å². The third-order valence-electron chi connectivity index (χ3n) is 5.69. The lowest BCUT2D eigenvalue weighted by Crippen LogP contribution is -2.26. The van der Waals surface area contributed by atoms with Gasteiger partial charge in [-0.15, -0.1) is 0 Å². The Bertz CT molecular complexity index is 1320. The topological polar surface area (TPSA) is 105 Å². The van der Waals surface area contributed by atoms with Crippen LogP contribution in [0.15, 0.2) is 59.9 Å². The van der Waals surface area contributed by atoms with Crippen molar-refractivity contribution in [3.8, 4) is 0 Å². The predicted molar refractivity (Wildman–Crippen MR) is 124 cm³/mol. The first-order valence-corrected chi connectivity index (χ1v) is 12.3. The number of amides is 1. The lowest BCUT2D eigenvalue weighted by Gasteiger charge is -2.15. The van der Waals surface area contributed by atoms with Crippen molar-refractivity contribution in [2.45, 2.75) is 37.0 Å². The van der Waals surface area contributed by atoms with Gasteiger partial charge in [0.15, 0.2) is 0 Å². The first kappa shape index (κ1) is 24.7. The molecule has 1 saturated carbocycles. The minimum Gasteiger partial charge on any atom is -0.355 e. The number of carbonyl (C=O) groups is 1. The Balaban J connectivity index is 1.58. The second kappa shape index (κ2) is 9.70. The van der Waals surface area contributed by atoms with Gasteiger partial charge in [-0.05, 0) is 68.3 Å². The Morgan fingerprint density at radius 1 is 1.14 bits per heavy atom. The van der Waals surface area contributed by atoms with Crippen molar-refractivity contribution in [2.24, 2.45) is 5.92 Å². The first-order valence-electron chi connectivity index (χ1n) is 10.9. The Labute approximate surface area is 200 Å². The standard InChI is InChI=1S/C23H24F3N5O3S/c1-27-35(33,34)19-8-9-21(30-17-6-4-16(5-7-17)23(24,25)26)20(10-19)22(32)29-12-18-11-28-14-31(18)13-15-2-3-15/h4-11,14-15,27,30H,2-3,12-13H2,1H3,(H,29,32). The number of nitrogens with one attached hydrogen (secondary N) is 3. The van der Waals surface area contributed by atoms with E-state index in [1.165, 1.54) is 37.4 Å². The highest BCUT2D eigenvalue weighted by Gasteiger charge is 2.30. The lowest BCUT2D eigenvalue weighted by molar-refractivity contribution is -0.137. The molecule has 1 aliphatic carbocycles. The van der Waals surface area contributed by atoms with Crippen molar-refractivity contribution < 1.29 is 26.4 Å². The van der Waals surface area contributed by atoms with Gasteiger partial charge in [0.1, 0.15) is 0 Å². The molecule has 1 fully saturated rings. The zero-order chi connectivity index (χ0) is 25.2. The molecule has 3 aromatic rings. The number of sulfonamides is 1. The smallest absolute Gasteiger partial charge is 0.355 e. The Hall–Kier alpha value is -3.38. The molecule has 35 heavy (non-hydrogen) atoms. The Morgan fingerprint density at radius 2 is 1.86 bits per heavy atom. The van der Waals surface area contributed by atoms with Gasteiger partial charge in [-0.25, -0.2) is 18.1 Å². The number of rotatable bonds is 9. The van der Waals surface area contributed by atoms with Gasteiger partial charge < -0.3 is 15.2 Å². The summed E-state index contributed by atoms with van der Waals surface area (Å²) in [4.78, 5) is 17.1. The summed E-state index contributed by atoms with van der Waals surface area (Å²) in [6.45, 7) is 0.996. The maximum atomic E-state index is 13.1. The summed E-state index contributed by atoms with van der Waals surface area (Å²) < 4.78 is 67.4. The Kier molecular flexibility index (Phi) is 6.86. The fourth-order valence-corrected chi connectivity index (χ4v) is 4.26. The molecule has 1 aliphatic rings. The van der Waals surface area contributed by atoms with Crippen molar-refractivity contribution in [3.63, 3.8) is 0 Å². The van der Waals surface area contributed by atoms with Crippen LogP contribution in [0.2, 0.25) is 0 Å². The van der Waals surface area contributed by atoms with Crippen LogP contribution in [0.1, 0.15) is 34.5 Å². The van der Waals surface area contributed by atoms with Gasteiger partial charge in [0.25, 0.3) is 5.91 Å². The van der Waals surface area contributed by atoms with Gasteiger partial charge in [0.05, 0.1) is 40.3 Å². The number of nitrogens with zero attached hydrogens (tertiary/aromatic N) is 2. The van der Waals surface area contributed by atoms with Crippen molar-refractivity contribution in [3.05, 3.63) is 71.8 Å². The quantitative estimate of drug-likeness (QED) is 0.408. The van der Waals surface area contributed by atoms with Crippen molar-refractivity contribution >= 4 is 27.3 Å². The van der Waals surface area contributed by atoms with Crippen LogP contribution in [-0.4, -0.2) is 30.9 Å². The summed E-state index contributed by atoms with van der Waals surface area (Å²) in [6.07, 6.45) is 1.22. The maximum absolute atomic E-state index is 13.1. The number of anilines is 2. The van der Waals surface area contributed by atoms with Crippen LogP contribution in [0, 0.1) is 5.92 Å². The van der Waals surface area contributed by atoms with Gasteiger partial charge >= 0.3 is 6.18 Å². The number of imidazole rings is 1. The molecule has 0 saturated heterocycles. The normalized spacial score (nSPS) is 14.1. The van der Waals surface area contributed by atoms with Gasteiger partial charge in [0, 0.05) is 18.4 Å². The predicted octanol–water partition coefficient (Wildman–Crippen LogP) is 3.89. The number of hydrogen-bond acceptors (Lipinski definition) is 5. The molecule has 186 valence electrons. The van der Waals surface area contributed by atoms with E-state index in [0.29, 0.717) is 11.6 Å². The van der Waals surface area contributed by atoms with Crippen molar-refractivity contribution in [2.75, 3.05) is 12.4 Å². The van der Waals surface area contributed by atoms with E-state index in [-0.39, 0.29) is 22.7 Å². The summed E-state index contributed by atoms with van der Waals surface area (Å²) in [7, 11) is -2.58. The SMILES string of the molecule is CNS(=O)(=O)c1ccc(Nc2ccc(C(F)(F)F)cc2)c(C(=O)NCc2cncn2CC2CC2)c1. The van der Waals surface area contributed by atoms with Gasteiger partial charge in [-0.1, -0.05) is 0 Å². The van der Waals surface area contributed by atoms with Crippen LogP contribution in [0.3, 0.4) is 0 Å². The summed E-state index contributed by atoms with van der Waals surface area (Å²) >= 11 is 0. The Morgan fingerprint density at radius 3 is 2.49 bits per heavy atom. The molecule has 0 spiro atoms. The monoisotopic (exact) mass is 507 g/mol. The van der Waals surface area contributed by atoms with Gasteiger partial charge in [0.2, 0.25) is 10.0 Å². The van der Waals surface area contributed by atoms with E-state index in [9.17, 15) is 26.4 Å². The molecular formula is C23H24F3N5O3S. The third kappa shape index (κ3) is 6.01. The maximum Gasteiger partial charge on any atom is 0.416 e. The molecular weight excluding hydrogens is 483 g/mol. The van der Waals surface area contributed by atoms with Gasteiger partial charge in [-0.3, -0.25) is 4.79 Å². The number of alkyl halides is 3. The molecule has 3 N–H and O–H groups in total. The summed E-state index contributed by atoms with van der Waals surface area (Å²) in [5.74, 6) is 0.0633. The molecule has 0 aliphatic heterocycles. The van der Waals surface area contributed by atoms with E-state index in [4.69, 9.17) is 0 Å². The largest absolute Gasteiger partial charge is 0.416 e. The number of aromatic nitrogens is 2. The fraction of sp³-hybridized carbons (Fsp3) is 0.304. The van der Waals surface area contributed by atoms with Crippen molar-refractivity contribution in [1.82, 2.24) is 19.6 Å². The molecule has 2 aromatic carbocycles. The van der Waals surface area contributed by atoms with Crippen LogP contribution in [0.4, 0.5) is 24.5 Å². The average Bonchev–Trinajstić information content (AvgIpc) is 3.53. The molecule has 0 unspecified atom stereocenters. The average molecular weight is 508 g/mol. The van der Waals surface area contributed by atoms with Crippen LogP contribution in [0.5, 0.6) is 0 Å². The van der Waals surface area contributed by atoms with Crippen LogP contribution < -0.4 is 15.4 Å². The van der Waals surface area contributed by atoms with Crippen molar-refractivity contribution in [1.29, 1.82) is 0 Å². The summed E-state index contributed by atoms with van der Waals surface area (Å²) in [5, 5.41) is 5.69. The van der Waals surface area contributed by atoms with E-state index in [0.717, 1.165) is 37.2 Å². The first-order chi connectivity index (χ1) is 16.6. The van der Waals surface area contributed by atoms with Crippen LogP contribution >= 0.6 is 0 Å². The second-order valence-electron chi connectivity index (χ2n) is 8.28. The lowest BCUT2D eigenvalue weighted by atomic mass is 10.1. The highest BCUT2D eigenvalue weighted by molar-refractivity contribution is 7.89. The number of benzene rings is 2. The molecule has 8 nitrogen and oxygen atoms in total. The number of carbonyl (C=O) groups excluding carboxylic acids is 1. The molecule has 12 heteroatoms. The third-order valence-corrected chi connectivity index (χ3v) is 7.10. The molecule has 0 radical (unpaired) electrons. The zero-order valence-corrected chi connectivity index (χ0v) is 19.6. The van der Waals surface area contributed by atoms with Gasteiger partial charge in [-0.2, -0.15) is 13.2 Å². The van der Waals surface area contributed by atoms with E-state index in [1.54, 1.807) is 12.5 Å². The molecule has 0 atom stereocenters. The molecule has 1 heterocycles. The fourth-order valence-electron chi connectivity index (χ4n) is 3.51. The van der Waals surface area contributed by atoms with E-state index in [1.807, 2.05) is 4.57 Å².